The van der Waals surface area contributed by atoms with E-state index in [4.69, 9.17) is 0 Å². The van der Waals surface area contributed by atoms with Gasteiger partial charge in [-0.05, 0) is 50.1 Å². The second-order valence-electron chi connectivity index (χ2n) is 4.36. The zero-order chi connectivity index (χ0) is 12.1. The lowest BCUT2D eigenvalue weighted by Gasteiger charge is -2.04. The predicted molar refractivity (Wildman–Crippen MR) is 67.3 cm³/mol. The zero-order valence-electron chi connectivity index (χ0n) is 9.72. The summed E-state index contributed by atoms with van der Waals surface area (Å²) in [6, 6.07) is 4.52. The van der Waals surface area contributed by atoms with Crippen LogP contribution in [-0.4, -0.2) is 18.3 Å². The summed E-state index contributed by atoms with van der Waals surface area (Å²) >= 11 is 1.46. The van der Waals surface area contributed by atoms with Gasteiger partial charge in [0, 0.05) is 17.0 Å². The third-order valence-electron chi connectivity index (χ3n) is 2.73. The van der Waals surface area contributed by atoms with Crippen molar-refractivity contribution in [1.29, 1.82) is 0 Å². The first kappa shape index (κ1) is 12.8. The molecule has 2 rings (SSSR count). The van der Waals surface area contributed by atoms with Crippen molar-refractivity contribution in [3.63, 3.8) is 0 Å². The van der Waals surface area contributed by atoms with Crippen LogP contribution in [0.25, 0.3) is 0 Å². The van der Waals surface area contributed by atoms with E-state index < -0.39 is 11.6 Å². The summed E-state index contributed by atoms with van der Waals surface area (Å²) in [5, 5.41) is 3.44. The van der Waals surface area contributed by atoms with Crippen LogP contribution >= 0.6 is 11.8 Å². The Balaban J connectivity index is 1.60. The Bertz CT molecular complexity index is 366. The SMILES string of the molecule is Fc1ccc(SCCCCNC2CC2)c(F)c1. The maximum Gasteiger partial charge on any atom is 0.139 e. The number of rotatable bonds is 7. The highest BCUT2D eigenvalue weighted by Crippen LogP contribution is 2.23. The summed E-state index contributed by atoms with van der Waals surface area (Å²) < 4.78 is 25.9. The summed E-state index contributed by atoms with van der Waals surface area (Å²) in [7, 11) is 0. The molecule has 0 unspecified atom stereocenters. The van der Waals surface area contributed by atoms with Gasteiger partial charge in [-0.1, -0.05) is 0 Å². The van der Waals surface area contributed by atoms with E-state index in [9.17, 15) is 8.78 Å². The summed E-state index contributed by atoms with van der Waals surface area (Å²) in [4.78, 5) is 0.543. The van der Waals surface area contributed by atoms with E-state index in [1.54, 1.807) is 0 Å². The number of benzene rings is 1. The molecule has 0 aromatic heterocycles. The Morgan fingerprint density at radius 1 is 1.24 bits per heavy atom. The van der Waals surface area contributed by atoms with Gasteiger partial charge in [-0.25, -0.2) is 8.78 Å². The fourth-order valence-electron chi connectivity index (χ4n) is 1.60. The molecule has 1 saturated carbocycles. The number of hydrogen-bond acceptors (Lipinski definition) is 2. The van der Waals surface area contributed by atoms with Gasteiger partial charge in [0.05, 0.1) is 0 Å². The van der Waals surface area contributed by atoms with Crippen molar-refractivity contribution in [3.8, 4) is 0 Å². The molecule has 1 aliphatic rings. The van der Waals surface area contributed by atoms with E-state index in [1.165, 1.54) is 36.7 Å². The van der Waals surface area contributed by atoms with Gasteiger partial charge in [-0.15, -0.1) is 11.8 Å². The molecular formula is C13H17F2NS. The van der Waals surface area contributed by atoms with Gasteiger partial charge in [0.25, 0.3) is 0 Å². The molecule has 0 bridgehead atoms. The van der Waals surface area contributed by atoms with Gasteiger partial charge in [0.2, 0.25) is 0 Å². The van der Waals surface area contributed by atoms with Gasteiger partial charge >= 0.3 is 0 Å². The molecule has 1 nitrogen and oxygen atoms in total. The van der Waals surface area contributed by atoms with E-state index in [1.807, 2.05) is 0 Å². The Hall–Kier alpha value is -0.610. The van der Waals surface area contributed by atoms with Crippen LogP contribution in [0.3, 0.4) is 0 Å². The van der Waals surface area contributed by atoms with Crippen LogP contribution in [0.15, 0.2) is 23.1 Å². The molecule has 0 saturated heterocycles. The molecule has 0 aliphatic heterocycles. The smallest absolute Gasteiger partial charge is 0.139 e. The van der Waals surface area contributed by atoms with Crippen LogP contribution in [0.1, 0.15) is 25.7 Å². The topological polar surface area (TPSA) is 12.0 Å². The van der Waals surface area contributed by atoms with Gasteiger partial charge in [0.1, 0.15) is 11.6 Å². The molecule has 94 valence electrons. The van der Waals surface area contributed by atoms with Crippen LogP contribution in [0.5, 0.6) is 0 Å². The van der Waals surface area contributed by atoms with Gasteiger partial charge in [0.15, 0.2) is 0 Å². The predicted octanol–water partition coefficient (Wildman–Crippen LogP) is 3.59. The third-order valence-corrected chi connectivity index (χ3v) is 3.87. The summed E-state index contributed by atoms with van der Waals surface area (Å²) in [5.41, 5.74) is 0. The lowest BCUT2D eigenvalue weighted by Crippen LogP contribution is -2.17. The van der Waals surface area contributed by atoms with E-state index in [0.717, 1.165) is 37.2 Å². The van der Waals surface area contributed by atoms with Crippen molar-refractivity contribution >= 4 is 11.8 Å². The molecule has 1 aromatic rings. The highest BCUT2D eigenvalue weighted by molar-refractivity contribution is 7.99. The first-order valence-electron chi connectivity index (χ1n) is 6.07. The average molecular weight is 257 g/mol. The van der Waals surface area contributed by atoms with Crippen LogP contribution < -0.4 is 5.32 Å². The fourth-order valence-corrected chi connectivity index (χ4v) is 2.52. The largest absolute Gasteiger partial charge is 0.314 e. The summed E-state index contributed by atoms with van der Waals surface area (Å²) in [5.74, 6) is -0.0823. The van der Waals surface area contributed by atoms with Crippen molar-refractivity contribution in [3.05, 3.63) is 29.8 Å². The minimum atomic E-state index is -0.513. The van der Waals surface area contributed by atoms with E-state index in [-0.39, 0.29) is 0 Å². The van der Waals surface area contributed by atoms with Crippen molar-refractivity contribution in [2.45, 2.75) is 36.6 Å². The normalized spacial score (nSPS) is 15.2. The average Bonchev–Trinajstić information content (AvgIpc) is 3.09. The molecule has 0 atom stereocenters. The first-order chi connectivity index (χ1) is 8.25. The van der Waals surface area contributed by atoms with Crippen molar-refractivity contribution in [2.75, 3.05) is 12.3 Å². The van der Waals surface area contributed by atoms with Crippen molar-refractivity contribution in [2.24, 2.45) is 0 Å². The van der Waals surface area contributed by atoms with Crippen molar-refractivity contribution < 1.29 is 8.78 Å². The molecule has 1 N–H and O–H groups in total. The Morgan fingerprint density at radius 3 is 2.76 bits per heavy atom. The lowest BCUT2D eigenvalue weighted by atomic mass is 10.3. The monoisotopic (exact) mass is 257 g/mol. The second-order valence-corrected chi connectivity index (χ2v) is 5.50. The Labute approximate surface area is 105 Å². The van der Waals surface area contributed by atoms with Crippen LogP contribution in [0.2, 0.25) is 0 Å². The highest BCUT2D eigenvalue weighted by atomic mass is 32.2. The van der Waals surface area contributed by atoms with Crippen molar-refractivity contribution in [1.82, 2.24) is 5.32 Å². The lowest BCUT2D eigenvalue weighted by molar-refractivity contribution is 0.565. The van der Waals surface area contributed by atoms with E-state index >= 15 is 0 Å². The fraction of sp³-hybridized carbons (Fsp3) is 0.538. The zero-order valence-corrected chi connectivity index (χ0v) is 10.5. The van der Waals surface area contributed by atoms with Crippen LogP contribution in [0, 0.1) is 11.6 Å². The first-order valence-corrected chi connectivity index (χ1v) is 7.05. The van der Waals surface area contributed by atoms with Crippen LogP contribution in [0.4, 0.5) is 8.78 Å². The molecule has 4 heteroatoms. The molecule has 0 radical (unpaired) electrons. The number of thioether (sulfide) groups is 1. The maximum absolute atomic E-state index is 13.3. The van der Waals surface area contributed by atoms with Gasteiger partial charge < -0.3 is 5.32 Å². The third kappa shape index (κ3) is 4.64. The quantitative estimate of drug-likeness (QED) is 0.592. The Morgan fingerprint density at radius 2 is 2.06 bits per heavy atom. The molecular weight excluding hydrogens is 240 g/mol. The highest BCUT2D eigenvalue weighted by Gasteiger charge is 2.19. The molecule has 0 heterocycles. The minimum absolute atomic E-state index is 0.453. The van der Waals surface area contributed by atoms with Gasteiger partial charge in [-0.2, -0.15) is 0 Å². The number of unbranched alkanes of at least 4 members (excludes halogenated alkanes) is 1. The summed E-state index contributed by atoms with van der Waals surface area (Å²) in [6.07, 6.45) is 4.80. The number of nitrogens with one attached hydrogen (secondary N) is 1. The standard InChI is InChI=1S/C13H17F2NS/c14-10-3-6-13(12(15)9-10)17-8-2-1-7-16-11-4-5-11/h3,6,9,11,16H,1-2,4-5,7-8H2. The summed E-state index contributed by atoms with van der Waals surface area (Å²) in [6.45, 7) is 1.05. The molecule has 1 fully saturated rings. The second kappa shape index (κ2) is 6.36. The van der Waals surface area contributed by atoms with E-state index in [0.29, 0.717) is 4.90 Å². The maximum atomic E-state index is 13.3. The van der Waals surface area contributed by atoms with Gasteiger partial charge in [-0.3, -0.25) is 0 Å². The molecule has 1 aliphatic carbocycles. The Kier molecular flexibility index (Phi) is 4.80. The van der Waals surface area contributed by atoms with Crippen LogP contribution in [-0.2, 0) is 0 Å². The van der Waals surface area contributed by atoms with E-state index in [2.05, 4.69) is 5.32 Å². The molecule has 17 heavy (non-hydrogen) atoms. The molecule has 0 amide bonds. The minimum Gasteiger partial charge on any atom is -0.314 e. The molecule has 1 aromatic carbocycles. The molecule has 0 spiro atoms. The number of hydrogen-bond donors (Lipinski definition) is 1. The number of halogens is 2.